The van der Waals surface area contributed by atoms with E-state index in [4.69, 9.17) is 9.51 Å². The standard InChI is InChI=1S/C23H22N4O2S/c1-15-8-2-5-11-17(15)21-25-20(29-26-21)14-30-23-24-19-13-7-6-12-18(19)22(28)27(23)16-9-3-4-10-16/h2,5-8,11-13,16H,3-4,9-10,14H2,1H3. The van der Waals surface area contributed by atoms with Gasteiger partial charge in [0.2, 0.25) is 11.7 Å². The number of thioether (sulfide) groups is 1. The molecule has 1 aliphatic carbocycles. The van der Waals surface area contributed by atoms with Crippen LogP contribution in [0.1, 0.15) is 43.2 Å². The Balaban J connectivity index is 1.46. The maximum atomic E-state index is 13.2. The van der Waals surface area contributed by atoms with Crippen molar-refractivity contribution in [3.63, 3.8) is 0 Å². The van der Waals surface area contributed by atoms with Crippen LogP contribution in [0.15, 0.2) is 63.0 Å². The number of fused-ring (bicyclic) bond motifs is 1. The molecule has 0 radical (unpaired) electrons. The summed E-state index contributed by atoms with van der Waals surface area (Å²) in [5, 5.41) is 5.54. The molecule has 2 aromatic heterocycles. The highest BCUT2D eigenvalue weighted by molar-refractivity contribution is 7.98. The largest absolute Gasteiger partial charge is 0.338 e. The Morgan fingerprint density at radius 2 is 1.83 bits per heavy atom. The molecule has 4 aromatic rings. The average Bonchev–Trinajstić information content (AvgIpc) is 3.45. The van der Waals surface area contributed by atoms with Gasteiger partial charge < -0.3 is 4.52 Å². The summed E-state index contributed by atoms with van der Waals surface area (Å²) in [5.74, 6) is 1.58. The van der Waals surface area contributed by atoms with Crippen molar-refractivity contribution in [2.75, 3.05) is 0 Å². The fourth-order valence-corrected chi connectivity index (χ4v) is 4.99. The second kappa shape index (κ2) is 8.07. The third-order valence-electron chi connectivity index (χ3n) is 5.64. The van der Waals surface area contributed by atoms with Gasteiger partial charge >= 0.3 is 0 Å². The van der Waals surface area contributed by atoms with Crippen LogP contribution >= 0.6 is 11.8 Å². The zero-order valence-corrected chi connectivity index (χ0v) is 17.6. The van der Waals surface area contributed by atoms with E-state index < -0.39 is 0 Å². The first-order valence-corrected chi connectivity index (χ1v) is 11.2. The first kappa shape index (κ1) is 19.1. The minimum atomic E-state index is 0.0427. The summed E-state index contributed by atoms with van der Waals surface area (Å²) in [6.45, 7) is 2.03. The molecule has 2 aromatic carbocycles. The van der Waals surface area contributed by atoms with Crippen LogP contribution in [0.3, 0.4) is 0 Å². The summed E-state index contributed by atoms with van der Waals surface area (Å²) in [6, 6.07) is 15.7. The van der Waals surface area contributed by atoms with Gasteiger partial charge in [-0.2, -0.15) is 4.98 Å². The van der Waals surface area contributed by atoms with Gasteiger partial charge in [0.25, 0.3) is 5.56 Å². The molecule has 30 heavy (non-hydrogen) atoms. The molecule has 0 atom stereocenters. The van der Waals surface area contributed by atoms with E-state index in [0.29, 0.717) is 22.9 Å². The summed E-state index contributed by atoms with van der Waals surface area (Å²) < 4.78 is 7.37. The summed E-state index contributed by atoms with van der Waals surface area (Å²) in [5.41, 5.74) is 2.83. The molecular weight excluding hydrogens is 396 g/mol. The lowest BCUT2D eigenvalue weighted by molar-refractivity contribution is 0.391. The first-order chi connectivity index (χ1) is 14.7. The Morgan fingerprint density at radius 1 is 1.07 bits per heavy atom. The van der Waals surface area contributed by atoms with Gasteiger partial charge in [0, 0.05) is 11.6 Å². The number of nitrogens with zero attached hydrogens (tertiary/aromatic N) is 4. The van der Waals surface area contributed by atoms with E-state index in [9.17, 15) is 4.79 Å². The van der Waals surface area contributed by atoms with E-state index in [1.165, 1.54) is 11.8 Å². The van der Waals surface area contributed by atoms with Crippen molar-refractivity contribution < 1.29 is 4.52 Å². The van der Waals surface area contributed by atoms with Crippen LogP contribution in [0.25, 0.3) is 22.3 Å². The molecule has 1 saturated carbocycles. The summed E-state index contributed by atoms with van der Waals surface area (Å²) >= 11 is 1.48. The van der Waals surface area contributed by atoms with Crippen LogP contribution < -0.4 is 5.56 Å². The fourth-order valence-electron chi connectivity index (χ4n) is 4.08. The van der Waals surface area contributed by atoms with Crippen molar-refractivity contribution in [3.05, 3.63) is 70.3 Å². The lowest BCUT2D eigenvalue weighted by Crippen LogP contribution is -2.26. The predicted molar refractivity (Wildman–Crippen MR) is 118 cm³/mol. The maximum absolute atomic E-state index is 13.2. The average molecular weight is 419 g/mol. The molecule has 1 aliphatic rings. The number of aromatic nitrogens is 4. The second-order valence-electron chi connectivity index (χ2n) is 7.64. The predicted octanol–water partition coefficient (Wildman–Crippen LogP) is 5.16. The van der Waals surface area contributed by atoms with Gasteiger partial charge in [-0.3, -0.25) is 9.36 Å². The van der Waals surface area contributed by atoms with Gasteiger partial charge in [0.05, 0.1) is 16.7 Å². The highest BCUT2D eigenvalue weighted by Crippen LogP contribution is 2.33. The van der Waals surface area contributed by atoms with Crippen molar-refractivity contribution in [1.29, 1.82) is 0 Å². The number of hydrogen-bond acceptors (Lipinski definition) is 6. The first-order valence-electron chi connectivity index (χ1n) is 10.2. The van der Waals surface area contributed by atoms with Gasteiger partial charge in [-0.1, -0.05) is 66.2 Å². The quantitative estimate of drug-likeness (QED) is 0.329. The zero-order valence-electron chi connectivity index (χ0n) is 16.7. The molecule has 152 valence electrons. The molecule has 0 aliphatic heterocycles. The zero-order chi connectivity index (χ0) is 20.5. The molecule has 0 unspecified atom stereocenters. The molecule has 2 heterocycles. The van der Waals surface area contributed by atoms with E-state index in [1.54, 1.807) is 0 Å². The number of hydrogen-bond donors (Lipinski definition) is 0. The van der Waals surface area contributed by atoms with Crippen LogP contribution in [0, 0.1) is 6.92 Å². The van der Waals surface area contributed by atoms with Gasteiger partial charge in [-0.15, -0.1) is 0 Å². The van der Waals surface area contributed by atoms with Crippen LogP contribution in [-0.4, -0.2) is 19.7 Å². The summed E-state index contributed by atoms with van der Waals surface area (Å²) in [4.78, 5) is 22.6. The minimum absolute atomic E-state index is 0.0427. The van der Waals surface area contributed by atoms with E-state index >= 15 is 0 Å². The SMILES string of the molecule is Cc1ccccc1-c1noc(CSc2nc3ccccc3c(=O)n2C2CCCC2)n1. The smallest absolute Gasteiger partial charge is 0.262 e. The number of rotatable bonds is 5. The van der Waals surface area contributed by atoms with Gasteiger partial charge in [0.15, 0.2) is 5.16 Å². The van der Waals surface area contributed by atoms with E-state index in [1.807, 2.05) is 60.0 Å². The highest BCUT2D eigenvalue weighted by Gasteiger charge is 2.23. The van der Waals surface area contributed by atoms with Gasteiger partial charge in [-0.25, -0.2) is 4.98 Å². The normalized spacial score (nSPS) is 14.6. The molecule has 0 amide bonds. The van der Waals surface area contributed by atoms with Gasteiger partial charge in [-0.05, 0) is 37.5 Å². The maximum Gasteiger partial charge on any atom is 0.262 e. The lowest BCUT2D eigenvalue weighted by atomic mass is 10.1. The minimum Gasteiger partial charge on any atom is -0.338 e. The Kier molecular flexibility index (Phi) is 5.12. The van der Waals surface area contributed by atoms with Crippen molar-refractivity contribution in [2.45, 2.75) is 49.6 Å². The molecule has 6 nitrogen and oxygen atoms in total. The van der Waals surface area contributed by atoms with Crippen LogP contribution in [-0.2, 0) is 5.75 Å². The molecule has 0 N–H and O–H groups in total. The highest BCUT2D eigenvalue weighted by atomic mass is 32.2. The van der Waals surface area contributed by atoms with Crippen LogP contribution in [0.5, 0.6) is 0 Å². The van der Waals surface area contributed by atoms with Crippen molar-refractivity contribution in [2.24, 2.45) is 0 Å². The third kappa shape index (κ3) is 3.54. The van der Waals surface area contributed by atoms with Crippen molar-refractivity contribution >= 4 is 22.7 Å². The Labute approximate surface area is 178 Å². The Hall–Kier alpha value is -2.93. The van der Waals surface area contributed by atoms with Crippen molar-refractivity contribution in [3.8, 4) is 11.4 Å². The Morgan fingerprint density at radius 3 is 2.67 bits per heavy atom. The van der Waals surface area contributed by atoms with E-state index in [-0.39, 0.29) is 11.6 Å². The second-order valence-corrected chi connectivity index (χ2v) is 8.58. The monoisotopic (exact) mass is 418 g/mol. The Bertz CT molecular complexity index is 1260. The van der Waals surface area contributed by atoms with Gasteiger partial charge in [0.1, 0.15) is 0 Å². The van der Waals surface area contributed by atoms with E-state index in [2.05, 4.69) is 10.1 Å². The number of para-hydroxylation sites is 1. The molecule has 7 heteroatoms. The molecule has 1 fully saturated rings. The number of benzene rings is 2. The van der Waals surface area contributed by atoms with Crippen LogP contribution in [0.4, 0.5) is 0 Å². The summed E-state index contributed by atoms with van der Waals surface area (Å²) in [6.07, 6.45) is 4.34. The van der Waals surface area contributed by atoms with Crippen molar-refractivity contribution in [1.82, 2.24) is 19.7 Å². The molecule has 0 saturated heterocycles. The molecule has 5 rings (SSSR count). The topological polar surface area (TPSA) is 73.8 Å². The lowest BCUT2D eigenvalue weighted by Gasteiger charge is -2.18. The molecule has 0 spiro atoms. The molecular formula is C23H22N4O2S. The summed E-state index contributed by atoms with van der Waals surface area (Å²) in [7, 11) is 0. The molecule has 0 bridgehead atoms. The van der Waals surface area contributed by atoms with Crippen LogP contribution in [0.2, 0.25) is 0 Å². The third-order valence-corrected chi connectivity index (χ3v) is 6.58. The fraction of sp³-hybridized carbons (Fsp3) is 0.304. The van der Waals surface area contributed by atoms with E-state index in [0.717, 1.165) is 47.5 Å². The number of aryl methyl sites for hydroxylation is 1.